The largest absolute Gasteiger partial charge is 0.357 e. The van der Waals surface area contributed by atoms with Crippen molar-refractivity contribution in [3.8, 4) is 0 Å². The SMILES string of the molecule is CCCC1(C)CCCN(C(=NCCCNS(C)(=O)=O)NCC)C1. The molecule has 0 bridgehead atoms. The third-order valence-electron chi connectivity index (χ3n) is 4.23. The molecular weight excluding hydrogens is 312 g/mol. The lowest BCUT2D eigenvalue weighted by molar-refractivity contribution is 0.142. The van der Waals surface area contributed by atoms with E-state index in [0.717, 1.165) is 25.6 Å². The van der Waals surface area contributed by atoms with E-state index in [1.54, 1.807) is 0 Å². The van der Waals surface area contributed by atoms with Crippen molar-refractivity contribution in [1.82, 2.24) is 14.9 Å². The van der Waals surface area contributed by atoms with Gasteiger partial charge in [0.05, 0.1) is 6.26 Å². The molecular formula is C16H34N4O2S. The number of aliphatic imine (C=N–C) groups is 1. The van der Waals surface area contributed by atoms with Gasteiger partial charge in [0, 0.05) is 32.7 Å². The van der Waals surface area contributed by atoms with Gasteiger partial charge in [0.1, 0.15) is 0 Å². The maximum atomic E-state index is 11.0. The zero-order chi connectivity index (χ0) is 17.3. The summed E-state index contributed by atoms with van der Waals surface area (Å²) in [4.78, 5) is 7.05. The summed E-state index contributed by atoms with van der Waals surface area (Å²) in [5, 5.41) is 3.38. The monoisotopic (exact) mass is 346 g/mol. The van der Waals surface area contributed by atoms with Crippen molar-refractivity contribution in [2.24, 2.45) is 10.4 Å². The molecule has 0 spiro atoms. The van der Waals surface area contributed by atoms with Crippen LogP contribution in [0.25, 0.3) is 0 Å². The smallest absolute Gasteiger partial charge is 0.208 e. The number of hydrogen-bond donors (Lipinski definition) is 2. The third-order valence-corrected chi connectivity index (χ3v) is 4.96. The fourth-order valence-electron chi connectivity index (χ4n) is 3.25. The minimum Gasteiger partial charge on any atom is -0.357 e. The van der Waals surface area contributed by atoms with Crippen LogP contribution in [0.5, 0.6) is 0 Å². The summed E-state index contributed by atoms with van der Waals surface area (Å²) in [6.45, 7) is 10.7. The Balaban J connectivity index is 2.57. The van der Waals surface area contributed by atoms with Crippen LogP contribution in [-0.4, -0.2) is 58.3 Å². The summed E-state index contributed by atoms with van der Waals surface area (Å²) < 4.78 is 24.6. The molecule has 7 heteroatoms. The predicted molar refractivity (Wildman–Crippen MR) is 97.3 cm³/mol. The van der Waals surface area contributed by atoms with Gasteiger partial charge >= 0.3 is 0 Å². The van der Waals surface area contributed by atoms with E-state index in [4.69, 9.17) is 0 Å². The highest BCUT2D eigenvalue weighted by atomic mass is 32.2. The first kappa shape index (κ1) is 20.2. The molecule has 2 N–H and O–H groups in total. The van der Waals surface area contributed by atoms with Crippen molar-refractivity contribution < 1.29 is 8.42 Å². The second-order valence-electron chi connectivity index (χ2n) is 6.84. The minimum atomic E-state index is -3.10. The first-order valence-electron chi connectivity index (χ1n) is 8.77. The lowest BCUT2D eigenvalue weighted by Crippen LogP contribution is -2.49. The van der Waals surface area contributed by atoms with E-state index >= 15 is 0 Å². The number of nitrogens with zero attached hydrogens (tertiary/aromatic N) is 2. The van der Waals surface area contributed by atoms with E-state index < -0.39 is 10.0 Å². The van der Waals surface area contributed by atoms with Gasteiger partial charge in [0.25, 0.3) is 0 Å². The standard InChI is InChI=1S/C16H34N4O2S/c1-5-9-16(3)10-7-13-20(14-16)15(17-6-2)18-11-8-12-19-23(4,21)22/h19H,5-14H2,1-4H3,(H,17,18). The molecule has 0 radical (unpaired) electrons. The Bertz CT molecular complexity index is 474. The van der Waals surface area contributed by atoms with Crippen molar-refractivity contribution >= 4 is 16.0 Å². The molecule has 0 aromatic rings. The zero-order valence-electron chi connectivity index (χ0n) is 15.2. The van der Waals surface area contributed by atoms with E-state index in [-0.39, 0.29) is 0 Å². The molecule has 1 rings (SSSR count). The normalized spacial score (nSPS) is 23.1. The third kappa shape index (κ3) is 8.01. The summed E-state index contributed by atoms with van der Waals surface area (Å²) in [7, 11) is -3.10. The molecule has 1 aliphatic heterocycles. The van der Waals surface area contributed by atoms with E-state index in [1.165, 1.54) is 31.9 Å². The number of nitrogens with one attached hydrogen (secondary N) is 2. The van der Waals surface area contributed by atoms with Crippen LogP contribution >= 0.6 is 0 Å². The van der Waals surface area contributed by atoms with E-state index in [2.05, 4.69) is 40.7 Å². The van der Waals surface area contributed by atoms with Gasteiger partial charge in [-0.1, -0.05) is 20.3 Å². The molecule has 136 valence electrons. The first-order valence-corrected chi connectivity index (χ1v) is 10.7. The molecule has 0 aromatic carbocycles. The Labute approximate surface area is 142 Å². The number of piperidine rings is 1. The summed E-state index contributed by atoms with van der Waals surface area (Å²) >= 11 is 0. The Morgan fingerprint density at radius 3 is 2.70 bits per heavy atom. The Kier molecular flexibility index (Phi) is 8.33. The summed E-state index contributed by atoms with van der Waals surface area (Å²) in [5.74, 6) is 0.967. The van der Waals surface area contributed by atoms with Gasteiger partial charge in [-0.05, 0) is 38.0 Å². The van der Waals surface area contributed by atoms with Crippen LogP contribution < -0.4 is 10.0 Å². The second kappa shape index (κ2) is 9.47. The van der Waals surface area contributed by atoms with Crippen LogP contribution in [0.2, 0.25) is 0 Å². The molecule has 23 heavy (non-hydrogen) atoms. The summed E-state index contributed by atoms with van der Waals surface area (Å²) in [5.41, 5.74) is 0.376. The van der Waals surface area contributed by atoms with Gasteiger partial charge < -0.3 is 10.2 Å². The van der Waals surface area contributed by atoms with Gasteiger partial charge in [-0.3, -0.25) is 4.99 Å². The molecule has 0 aromatic heterocycles. The molecule has 0 aliphatic carbocycles. The van der Waals surface area contributed by atoms with Crippen molar-refractivity contribution in [1.29, 1.82) is 0 Å². The lowest BCUT2D eigenvalue weighted by Gasteiger charge is -2.42. The Hall–Kier alpha value is -0.820. The summed E-state index contributed by atoms with van der Waals surface area (Å²) in [6, 6.07) is 0. The highest BCUT2D eigenvalue weighted by Crippen LogP contribution is 2.33. The van der Waals surface area contributed by atoms with E-state index in [0.29, 0.717) is 24.9 Å². The number of likely N-dealkylation sites (tertiary alicyclic amines) is 1. The van der Waals surface area contributed by atoms with Crippen molar-refractivity contribution in [2.45, 2.75) is 52.9 Å². The fourth-order valence-corrected chi connectivity index (χ4v) is 3.77. The second-order valence-corrected chi connectivity index (χ2v) is 8.67. The van der Waals surface area contributed by atoms with Gasteiger partial charge in [-0.2, -0.15) is 0 Å². The van der Waals surface area contributed by atoms with Gasteiger partial charge in [0.15, 0.2) is 5.96 Å². The van der Waals surface area contributed by atoms with E-state index in [1.807, 2.05) is 0 Å². The minimum absolute atomic E-state index is 0.376. The van der Waals surface area contributed by atoms with E-state index in [9.17, 15) is 8.42 Å². The maximum absolute atomic E-state index is 11.0. The van der Waals surface area contributed by atoms with Gasteiger partial charge in [-0.25, -0.2) is 13.1 Å². The van der Waals surface area contributed by atoms with Crippen LogP contribution in [0.4, 0.5) is 0 Å². The van der Waals surface area contributed by atoms with Crippen molar-refractivity contribution in [3.63, 3.8) is 0 Å². The number of hydrogen-bond acceptors (Lipinski definition) is 3. The van der Waals surface area contributed by atoms with Crippen molar-refractivity contribution in [2.75, 3.05) is 39.0 Å². The predicted octanol–water partition coefficient (Wildman–Crippen LogP) is 1.79. The van der Waals surface area contributed by atoms with Crippen LogP contribution in [-0.2, 0) is 10.0 Å². The molecule has 6 nitrogen and oxygen atoms in total. The number of sulfonamides is 1. The molecule has 1 aliphatic rings. The molecule has 1 saturated heterocycles. The van der Waals surface area contributed by atoms with Crippen molar-refractivity contribution in [3.05, 3.63) is 0 Å². The average Bonchev–Trinajstić information content (AvgIpc) is 2.44. The lowest BCUT2D eigenvalue weighted by atomic mass is 9.78. The van der Waals surface area contributed by atoms with Crippen LogP contribution in [0.1, 0.15) is 52.9 Å². The Morgan fingerprint density at radius 2 is 2.09 bits per heavy atom. The molecule has 0 saturated carbocycles. The quantitative estimate of drug-likeness (QED) is 0.399. The zero-order valence-corrected chi connectivity index (χ0v) is 16.0. The molecule has 1 heterocycles. The van der Waals surface area contributed by atoms with Crippen LogP contribution in [0.15, 0.2) is 4.99 Å². The van der Waals surface area contributed by atoms with Gasteiger partial charge in [-0.15, -0.1) is 0 Å². The number of rotatable bonds is 8. The highest BCUT2D eigenvalue weighted by Gasteiger charge is 2.31. The highest BCUT2D eigenvalue weighted by molar-refractivity contribution is 7.88. The molecule has 0 amide bonds. The Morgan fingerprint density at radius 1 is 1.35 bits per heavy atom. The van der Waals surface area contributed by atoms with Crippen LogP contribution in [0, 0.1) is 5.41 Å². The fraction of sp³-hybridized carbons (Fsp3) is 0.938. The molecule has 1 fully saturated rings. The molecule has 1 unspecified atom stereocenters. The molecule has 1 atom stereocenters. The summed E-state index contributed by atoms with van der Waals surface area (Å²) in [6.07, 6.45) is 6.85. The van der Waals surface area contributed by atoms with Crippen LogP contribution in [0.3, 0.4) is 0 Å². The average molecular weight is 347 g/mol. The maximum Gasteiger partial charge on any atom is 0.208 e. The first-order chi connectivity index (χ1) is 10.8. The van der Waals surface area contributed by atoms with Gasteiger partial charge in [0.2, 0.25) is 10.0 Å². The topological polar surface area (TPSA) is 73.8 Å². The number of guanidine groups is 1.